The highest BCUT2D eigenvalue weighted by Gasteiger charge is 2.13. The third-order valence-corrected chi connectivity index (χ3v) is 3.98. The van der Waals surface area contributed by atoms with Crippen LogP contribution in [0.25, 0.3) is 0 Å². The summed E-state index contributed by atoms with van der Waals surface area (Å²) >= 11 is 0. The Labute approximate surface area is 144 Å². The molecule has 0 fully saturated rings. The number of carbonyl (C=O) groups excluding carboxylic acids is 1. The minimum absolute atomic E-state index is 0.00444. The quantitative estimate of drug-likeness (QED) is 0.484. The average Bonchev–Trinajstić information content (AvgIpc) is 2.64. The summed E-state index contributed by atoms with van der Waals surface area (Å²) in [5, 5.41) is 8.74. The molecule has 24 heavy (non-hydrogen) atoms. The molecule has 2 rings (SSSR count). The standard InChI is InChI=1S/C21H26O3/c22-16-10-3-1-2-4-11-17-24-20-15-9-8-14-19(20)21(23)18-12-6-5-7-13-18/h5-9,12-15,22H,1-4,10-11,16-17H2. The lowest BCUT2D eigenvalue weighted by atomic mass is 10.0. The maximum atomic E-state index is 12.6. The third kappa shape index (κ3) is 5.82. The zero-order chi connectivity index (χ0) is 17.0. The van der Waals surface area contributed by atoms with E-state index in [1.54, 1.807) is 0 Å². The number of hydrogen-bond acceptors (Lipinski definition) is 3. The minimum atomic E-state index is -0.00444. The van der Waals surface area contributed by atoms with Crippen LogP contribution in [0.1, 0.15) is 54.4 Å². The minimum Gasteiger partial charge on any atom is -0.493 e. The lowest BCUT2D eigenvalue weighted by Crippen LogP contribution is -2.06. The van der Waals surface area contributed by atoms with Crippen molar-refractivity contribution in [3.63, 3.8) is 0 Å². The number of aliphatic hydroxyl groups is 1. The van der Waals surface area contributed by atoms with E-state index in [1.165, 1.54) is 0 Å². The molecule has 0 bridgehead atoms. The topological polar surface area (TPSA) is 46.5 Å². The fourth-order valence-corrected chi connectivity index (χ4v) is 2.63. The van der Waals surface area contributed by atoms with E-state index in [1.807, 2.05) is 54.6 Å². The molecule has 0 unspecified atom stereocenters. The molecular formula is C21H26O3. The predicted octanol–water partition coefficient (Wildman–Crippen LogP) is 4.63. The van der Waals surface area contributed by atoms with Gasteiger partial charge < -0.3 is 9.84 Å². The summed E-state index contributed by atoms with van der Waals surface area (Å²) in [6.07, 6.45) is 6.39. The van der Waals surface area contributed by atoms with Gasteiger partial charge in [-0.25, -0.2) is 0 Å². The van der Waals surface area contributed by atoms with Crippen molar-refractivity contribution in [3.8, 4) is 5.75 Å². The zero-order valence-electron chi connectivity index (χ0n) is 14.1. The van der Waals surface area contributed by atoms with Gasteiger partial charge in [0.2, 0.25) is 0 Å². The number of ether oxygens (including phenoxy) is 1. The van der Waals surface area contributed by atoms with Crippen molar-refractivity contribution in [2.45, 2.75) is 38.5 Å². The summed E-state index contributed by atoms with van der Waals surface area (Å²) in [5.41, 5.74) is 1.30. The fraction of sp³-hybridized carbons (Fsp3) is 0.381. The molecule has 0 aliphatic carbocycles. The highest BCUT2D eigenvalue weighted by atomic mass is 16.5. The summed E-state index contributed by atoms with van der Waals surface area (Å²) in [4.78, 5) is 12.6. The summed E-state index contributed by atoms with van der Waals surface area (Å²) in [6, 6.07) is 16.7. The molecule has 0 amide bonds. The first kappa shape index (κ1) is 18.2. The van der Waals surface area contributed by atoms with E-state index >= 15 is 0 Å². The summed E-state index contributed by atoms with van der Waals surface area (Å²) in [5.74, 6) is 0.654. The number of hydrogen-bond donors (Lipinski definition) is 1. The van der Waals surface area contributed by atoms with Crippen molar-refractivity contribution in [3.05, 3.63) is 65.7 Å². The van der Waals surface area contributed by atoms with Crippen LogP contribution in [-0.2, 0) is 0 Å². The molecule has 2 aromatic rings. The second-order valence-electron chi connectivity index (χ2n) is 5.88. The molecular weight excluding hydrogens is 300 g/mol. The average molecular weight is 326 g/mol. The summed E-state index contributed by atoms with van der Waals surface area (Å²) in [6.45, 7) is 0.911. The van der Waals surface area contributed by atoms with Crippen LogP contribution in [0.4, 0.5) is 0 Å². The van der Waals surface area contributed by atoms with Crippen LogP contribution < -0.4 is 4.74 Å². The zero-order valence-corrected chi connectivity index (χ0v) is 14.1. The normalized spacial score (nSPS) is 10.5. The SMILES string of the molecule is O=C(c1ccccc1)c1ccccc1OCCCCCCCCO. The number of carbonyl (C=O) groups is 1. The van der Waals surface area contributed by atoms with Gasteiger partial charge in [0.15, 0.2) is 5.78 Å². The molecule has 3 heteroatoms. The van der Waals surface area contributed by atoms with Gasteiger partial charge in [0.1, 0.15) is 5.75 Å². The molecule has 2 aromatic carbocycles. The molecule has 0 aliphatic rings. The number of unbranched alkanes of at least 4 members (excludes halogenated alkanes) is 5. The molecule has 0 heterocycles. The van der Waals surface area contributed by atoms with E-state index in [-0.39, 0.29) is 12.4 Å². The van der Waals surface area contributed by atoms with Crippen molar-refractivity contribution in [2.75, 3.05) is 13.2 Å². The monoisotopic (exact) mass is 326 g/mol. The van der Waals surface area contributed by atoms with Crippen molar-refractivity contribution in [1.82, 2.24) is 0 Å². The largest absolute Gasteiger partial charge is 0.493 e. The Bertz CT molecular complexity index is 607. The number of benzene rings is 2. The maximum absolute atomic E-state index is 12.6. The van der Waals surface area contributed by atoms with Crippen LogP contribution in [0.5, 0.6) is 5.75 Å². The number of aliphatic hydroxyl groups excluding tert-OH is 1. The molecule has 0 saturated carbocycles. The van der Waals surface area contributed by atoms with Gasteiger partial charge >= 0.3 is 0 Å². The predicted molar refractivity (Wildman–Crippen MR) is 96.6 cm³/mol. The van der Waals surface area contributed by atoms with Crippen LogP contribution >= 0.6 is 0 Å². The molecule has 0 aliphatic heterocycles. The smallest absolute Gasteiger partial charge is 0.196 e. The number of para-hydroxylation sites is 1. The first-order valence-corrected chi connectivity index (χ1v) is 8.75. The first-order chi connectivity index (χ1) is 11.8. The van der Waals surface area contributed by atoms with Gasteiger partial charge in [-0.15, -0.1) is 0 Å². The van der Waals surface area contributed by atoms with E-state index < -0.39 is 0 Å². The Morgan fingerprint density at radius 2 is 1.42 bits per heavy atom. The van der Waals surface area contributed by atoms with Gasteiger partial charge in [0.25, 0.3) is 0 Å². The Hall–Kier alpha value is -2.13. The van der Waals surface area contributed by atoms with Crippen LogP contribution in [0, 0.1) is 0 Å². The van der Waals surface area contributed by atoms with E-state index in [0.717, 1.165) is 38.5 Å². The van der Waals surface area contributed by atoms with E-state index in [0.29, 0.717) is 23.5 Å². The van der Waals surface area contributed by atoms with Crippen LogP contribution in [0.15, 0.2) is 54.6 Å². The van der Waals surface area contributed by atoms with Crippen molar-refractivity contribution in [1.29, 1.82) is 0 Å². The maximum Gasteiger partial charge on any atom is 0.196 e. The Morgan fingerprint density at radius 3 is 2.17 bits per heavy atom. The summed E-state index contributed by atoms with van der Waals surface area (Å²) in [7, 11) is 0. The van der Waals surface area contributed by atoms with Gasteiger partial charge in [-0.1, -0.05) is 68.1 Å². The van der Waals surface area contributed by atoms with Gasteiger partial charge in [0, 0.05) is 12.2 Å². The molecule has 128 valence electrons. The van der Waals surface area contributed by atoms with E-state index in [9.17, 15) is 4.79 Å². The summed E-state index contributed by atoms with van der Waals surface area (Å²) < 4.78 is 5.85. The molecule has 1 N–H and O–H groups in total. The van der Waals surface area contributed by atoms with Crippen LogP contribution in [0.2, 0.25) is 0 Å². The fourth-order valence-electron chi connectivity index (χ4n) is 2.63. The molecule has 0 spiro atoms. The van der Waals surface area contributed by atoms with Crippen molar-refractivity contribution in [2.24, 2.45) is 0 Å². The second-order valence-corrected chi connectivity index (χ2v) is 5.88. The Kier molecular flexibility index (Phi) is 8.05. The lowest BCUT2D eigenvalue weighted by molar-refractivity contribution is 0.103. The van der Waals surface area contributed by atoms with E-state index in [2.05, 4.69) is 0 Å². The van der Waals surface area contributed by atoms with Crippen LogP contribution in [-0.4, -0.2) is 24.1 Å². The van der Waals surface area contributed by atoms with Crippen LogP contribution in [0.3, 0.4) is 0 Å². The van der Waals surface area contributed by atoms with Gasteiger partial charge in [0.05, 0.1) is 12.2 Å². The molecule has 0 saturated heterocycles. The van der Waals surface area contributed by atoms with Gasteiger partial charge in [-0.05, 0) is 25.0 Å². The van der Waals surface area contributed by atoms with Crippen molar-refractivity contribution < 1.29 is 14.6 Å². The van der Waals surface area contributed by atoms with Gasteiger partial charge in [-0.2, -0.15) is 0 Å². The third-order valence-electron chi connectivity index (χ3n) is 3.98. The highest BCUT2D eigenvalue weighted by Crippen LogP contribution is 2.22. The molecule has 0 atom stereocenters. The highest BCUT2D eigenvalue weighted by molar-refractivity contribution is 6.10. The Morgan fingerprint density at radius 1 is 0.792 bits per heavy atom. The second kappa shape index (κ2) is 10.6. The molecule has 0 radical (unpaired) electrons. The number of ketones is 1. The molecule has 0 aromatic heterocycles. The van der Waals surface area contributed by atoms with E-state index in [4.69, 9.17) is 9.84 Å². The van der Waals surface area contributed by atoms with Crippen molar-refractivity contribution >= 4 is 5.78 Å². The lowest BCUT2D eigenvalue weighted by Gasteiger charge is -2.11. The van der Waals surface area contributed by atoms with Gasteiger partial charge in [-0.3, -0.25) is 4.79 Å². The molecule has 3 nitrogen and oxygen atoms in total. The Balaban J connectivity index is 1.83. The number of rotatable bonds is 11. The first-order valence-electron chi connectivity index (χ1n) is 8.75.